The zero-order valence-corrected chi connectivity index (χ0v) is 35.8. The van der Waals surface area contributed by atoms with Crippen molar-refractivity contribution >= 4 is 83.5 Å². The van der Waals surface area contributed by atoms with E-state index in [1.807, 2.05) is 18.2 Å². The minimum Gasteiger partial charge on any atom is -0.480 e. The Kier molecular flexibility index (Phi) is 18.4. The number of H-pyrrole nitrogens is 1. The molecule has 0 unspecified atom stereocenters. The summed E-state index contributed by atoms with van der Waals surface area (Å²) in [6, 6.07) is 3.97. The lowest BCUT2D eigenvalue weighted by atomic mass is 10.0. The average molecular weight is 900 g/mol. The van der Waals surface area contributed by atoms with Crippen molar-refractivity contribution in [3.63, 3.8) is 0 Å². The van der Waals surface area contributed by atoms with E-state index in [4.69, 9.17) is 17.2 Å². The van der Waals surface area contributed by atoms with Gasteiger partial charge in [0.25, 0.3) is 0 Å². The van der Waals surface area contributed by atoms with Crippen molar-refractivity contribution in [2.75, 3.05) is 24.6 Å². The van der Waals surface area contributed by atoms with Gasteiger partial charge in [-0.05, 0) is 61.9 Å². The third kappa shape index (κ3) is 13.8. The van der Waals surface area contributed by atoms with E-state index in [0.717, 1.165) is 10.9 Å². The number of aromatic nitrogens is 1. The number of likely N-dealkylation sites (tertiary alicyclic amines) is 1. The van der Waals surface area contributed by atoms with Crippen LogP contribution in [0.15, 0.2) is 59.7 Å². The largest absolute Gasteiger partial charge is 0.480 e. The maximum Gasteiger partial charge on any atom is 0.327 e. The van der Waals surface area contributed by atoms with E-state index < -0.39 is 89.5 Å². The topological polar surface area (TPSA) is 309 Å². The van der Waals surface area contributed by atoms with Gasteiger partial charge in [0.05, 0.1) is 6.04 Å². The van der Waals surface area contributed by atoms with Crippen molar-refractivity contribution in [3.05, 3.63) is 71.7 Å². The molecule has 336 valence electrons. The number of amides is 6. The second-order valence-corrected chi connectivity index (χ2v) is 15.5. The summed E-state index contributed by atoms with van der Waals surface area (Å²) in [7, 11) is 0. The predicted molar refractivity (Wildman–Crippen MR) is 235 cm³/mol. The molecular weight excluding hydrogens is 846 g/mol. The standard InChI is InChI=1S/C40H54FN11O8S2/c1-21(47-33(53)26(42)19-61)38(58)52-15-5-9-32(52)37(57)50-29(16-22-10-12-24(41)13-11-22)35(55)48-28(8-4-14-45-40(43)44)34(54)49-30(36(56)51-31(20-62)39(59)60)17-23-18-46-27-7-3-2-6-25(23)27/h2-3,6-7,10-13,18,21,26,28-32,46,61-62H,4-5,8-9,14-17,19-20,42H2,1H3,(H,47,53)(H,48,55)(H,49,54)(H,50,57)(H,51,56)(H,59,60)(H4,43,44,45)/t21-,26+,28+,29-,30+,31+,32+/m1/s1. The fourth-order valence-corrected chi connectivity index (χ4v) is 7.27. The Labute approximate surface area is 368 Å². The number of fused-ring (bicyclic) bond motifs is 1. The van der Waals surface area contributed by atoms with E-state index in [2.05, 4.69) is 61.8 Å². The van der Waals surface area contributed by atoms with Crippen LogP contribution in [-0.4, -0.2) is 129 Å². The lowest BCUT2D eigenvalue weighted by molar-refractivity contribution is -0.142. The van der Waals surface area contributed by atoms with Crippen LogP contribution in [-0.2, 0) is 46.4 Å². The summed E-state index contributed by atoms with van der Waals surface area (Å²) < 4.78 is 13.9. The van der Waals surface area contributed by atoms with E-state index >= 15 is 0 Å². The van der Waals surface area contributed by atoms with Crippen molar-refractivity contribution in [2.24, 2.45) is 22.2 Å². The maximum absolute atomic E-state index is 14.3. The van der Waals surface area contributed by atoms with Gasteiger partial charge in [0, 0.05) is 54.5 Å². The Hall–Kier alpha value is -5.87. The van der Waals surface area contributed by atoms with Crippen LogP contribution in [0.2, 0.25) is 0 Å². The molecule has 62 heavy (non-hydrogen) atoms. The third-order valence-corrected chi connectivity index (χ3v) is 11.0. The number of thiol groups is 2. The van der Waals surface area contributed by atoms with Crippen molar-refractivity contribution in [1.82, 2.24) is 36.5 Å². The first-order valence-corrected chi connectivity index (χ1v) is 21.2. The number of aliphatic imine (C=N–C) groups is 1. The smallest absolute Gasteiger partial charge is 0.327 e. The molecule has 0 radical (unpaired) electrons. The molecule has 19 nitrogen and oxygen atoms in total. The predicted octanol–water partition coefficient (Wildman–Crippen LogP) is -1.15. The number of aliphatic carboxylic acids is 1. The van der Waals surface area contributed by atoms with Gasteiger partial charge >= 0.3 is 5.97 Å². The number of benzene rings is 2. The number of para-hydroxylation sites is 1. The average Bonchev–Trinajstić information content (AvgIpc) is 3.91. The van der Waals surface area contributed by atoms with Crippen LogP contribution in [0.5, 0.6) is 0 Å². The molecule has 0 spiro atoms. The van der Waals surface area contributed by atoms with Crippen LogP contribution in [0.4, 0.5) is 4.39 Å². The second kappa shape index (κ2) is 23.4. The Morgan fingerprint density at radius 2 is 1.48 bits per heavy atom. The summed E-state index contributed by atoms with van der Waals surface area (Å²) in [5, 5.41) is 23.4. The van der Waals surface area contributed by atoms with Gasteiger partial charge in [-0.15, -0.1) is 0 Å². The number of carbonyl (C=O) groups is 7. The summed E-state index contributed by atoms with van der Waals surface area (Å²) in [6.45, 7) is 1.71. The highest BCUT2D eigenvalue weighted by Crippen LogP contribution is 2.21. The fourth-order valence-electron chi connectivity index (χ4n) is 6.85. The SMILES string of the molecule is C[C@@H](NC(=O)[C@@H](N)CS)C(=O)N1CCC[C@H]1C(=O)N[C@H](Cc1ccc(F)cc1)C(=O)N[C@@H](CCCN=C(N)N)C(=O)N[C@@H](Cc1c[nH]c2ccccc12)C(=O)N[C@@H](CS)C(=O)O. The molecule has 13 N–H and O–H groups in total. The fraction of sp³-hybridized carbons (Fsp3) is 0.450. The number of aromatic amines is 1. The second-order valence-electron chi connectivity index (χ2n) is 14.8. The number of halogens is 1. The molecule has 7 atom stereocenters. The van der Waals surface area contributed by atoms with E-state index in [1.165, 1.54) is 36.1 Å². The molecule has 0 aliphatic carbocycles. The van der Waals surface area contributed by atoms with Gasteiger partial charge in [-0.3, -0.25) is 33.8 Å². The molecular formula is C40H54FN11O8S2. The van der Waals surface area contributed by atoms with Gasteiger partial charge in [0.15, 0.2) is 5.96 Å². The minimum absolute atomic E-state index is 0.0440. The summed E-state index contributed by atoms with van der Waals surface area (Å²) >= 11 is 8.06. The molecule has 1 aliphatic heterocycles. The number of nitrogens with zero attached hydrogens (tertiary/aromatic N) is 2. The molecule has 2 heterocycles. The number of carbonyl (C=O) groups excluding carboxylic acids is 6. The number of hydrogen-bond donors (Lipinski definition) is 12. The number of carboxylic acid groups (broad SMARTS) is 1. The molecule has 0 saturated carbocycles. The molecule has 0 bridgehead atoms. The summed E-state index contributed by atoms with van der Waals surface area (Å²) in [5.74, 6) is -6.60. The highest BCUT2D eigenvalue weighted by molar-refractivity contribution is 7.80. The van der Waals surface area contributed by atoms with Crippen molar-refractivity contribution < 1.29 is 43.1 Å². The summed E-state index contributed by atoms with van der Waals surface area (Å²) in [6.07, 6.45) is 2.20. The zero-order chi connectivity index (χ0) is 45.5. The molecule has 3 aromatic rings. The maximum atomic E-state index is 14.3. The highest BCUT2D eigenvalue weighted by atomic mass is 32.1. The lowest BCUT2D eigenvalue weighted by Crippen LogP contribution is -2.60. The summed E-state index contributed by atoms with van der Waals surface area (Å²) in [4.78, 5) is 102. The molecule has 1 fully saturated rings. The number of carboxylic acids is 1. The molecule has 2 aromatic carbocycles. The molecule has 1 aliphatic rings. The first kappa shape index (κ1) is 48.8. The van der Waals surface area contributed by atoms with Crippen molar-refractivity contribution in [1.29, 1.82) is 0 Å². The van der Waals surface area contributed by atoms with Crippen molar-refractivity contribution in [3.8, 4) is 0 Å². The molecule has 6 amide bonds. The van der Waals surface area contributed by atoms with Gasteiger partial charge in [0.2, 0.25) is 35.4 Å². The summed E-state index contributed by atoms with van der Waals surface area (Å²) in [5.41, 5.74) is 18.6. The van der Waals surface area contributed by atoms with Crippen LogP contribution in [0.25, 0.3) is 10.9 Å². The number of nitrogens with one attached hydrogen (secondary N) is 6. The lowest BCUT2D eigenvalue weighted by Gasteiger charge is -2.29. The number of guanidine groups is 1. The Morgan fingerprint density at radius 3 is 2.13 bits per heavy atom. The molecule has 22 heteroatoms. The van der Waals surface area contributed by atoms with Crippen LogP contribution < -0.4 is 43.8 Å². The molecule has 4 rings (SSSR count). The van der Waals surface area contributed by atoms with Gasteiger partial charge in [-0.1, -0.05) is 30.3 Å². The molecule has 1 aromatic heterocycles. The zero-order valence-electron chi connectivity index (χ0n) is 34.0. The van der Waals surface area contributed by atoms with E-state index in [-0.39, 0.29) is 62.7 Å². The Balaban J connectivity index is 1.61. The normalized spacial score (nSPS) is 16.5. The Morgan fingerprint density at radius 1 is 0.855 bits per heavy atom. The number of hydrogen-bond acceptors (Lipinski definition) is 11. The van der Waals surface area contributed by atoms with Crippen LogP contribution in [0.1, 0.15) is 43.7 Å². The Bertz CT molecular complexity index is 2100. The monoisotopic (exact) mass is 899 g/mol. The van der Waals surface area contributed by atoms with E-state index in [1.54, 1.807) is 12.3 Å². The number of nitrogens with two attached hydrogens (primary N) is 3. The number of rotatable bonds is 22. The van der Waals surface area contributed by atoms with Crippen LogP contribution in [0, 0.1) is 5.82 Å². The highest BCUT2D eigenvalue weighted by Gasteiger charge is 2.39. The van der Waals surface area contributed by atoms with Crippen LogP contribution in [0.3, 0.4) is 0 Å². The van der Waals surface area contributed by atoms with Gasteiger partial charge in [0.1, 0.15) is 42.1 Å². The van der Waals surface area contributed by atoms with E-state index in [9.17, 15) is 43.1 Å². The third-order valence-electron chi connectivity index (χ3n) is 10.2. The first-order valence-electron chi connectivity index (χ1n) is 19.9. The van der Waals surface area contributed by atoms with Gasteiger partial charge in [-0.25, -0.2) is 9.18 Å². The molecule has 1 saturated heterocycles. The first-order chi connectivity index (χ1) is 29.5. The quantitative estimate of drug-likeness (QED) is 0.0247. The van der Waals surface area contributed by atoms with Crippen molar-refractivity contribution in [2.45, 2.75) is 87.7 Å². The van der Waals surface area contributed by atoms with Crippen LogP contribution >= 0.6 is 25.3 Å². The van der Waals surface area contributed by atoms with E-state index in [0.29, 0.717) is 17.5 Å². The van der Waals surface area contributed by atoms with Gasteiger partial charge < -0.3 is 58.8 Å². The minimum atomic E-state index is -1.39. The van der Waals surface area contributed by atoms with Gasteiger partial charge in [-0.2, -0.15) is 25.3 Å².